The molecular formula is C21H17ClFN5O4S. The van der Waals surface area contributed by atoms with Crippen LogP contribution in [-0.2, 0) is 14.8 Å². The first-order valence-electron chi connectivity index (χ1n) is 9.59. The van der Waals surface area contributed by atoms with Crippen LogP contribution >= 0.6 is 11.6 Å². The summed E-state index contributed by atoms with van der Waals surface area (Å²) in [6.45, 7) is 1.85. The Morgan fingerprint density at radius 3 is 2.67 bits per heavy atom. The minimum absolute atomic E-state index is 0.00698. The summed E-state index contributed by atoms with van der Waals surface area (Å²) in [6.07, 6.45) is 2.57. The Labute approximate surface area is 193 Å². The van der Waals surface area contributed by atoms with Crippen LogP contribution in [-0.4, -0.2) is 35.6 Å². The number of fused-ring (bicyclic) bond motifs is 1. The fraction of sp³-hybridized carbons (Fsp3) is 0.0952. The molecule has 33 heavy (non-hydrogen) atoms. The summed E-state index contributed by atoms with van der Waals surface area (Å²) in [5.41, 5.74) is 6.71. The van der Waals surface area contributed by atoms with Gasteiger partial charge in [0, 0.05) is 17.3 Å². The molecule has 12 heteroatoms. The Hall–Kier alpha value is -3.70. The first-order valence-corrected chi connectivity index (χ1v) is 11.5. The quantitative estimate of drug-likeness (QED) is 0.394. The van der Waals surface area contributed by atoms with Crippen LogP contribution in [0.3, 0.4) is 0 Å². The summed E-state index contributed by atoms with van der Waals surface area (Å²) in [5, 5.41) is 4.08. The van der Waals surface area contributed by atoms with E-state index in [1.165, 1.54) is 47.2 Å². The maximum Gasteiger partial charge on any atom is 0.343 e. The second-order valence-electron chi connectivity index (χ2n) is 6.80. The van der Waals surface area contributed by atoms with Gasteiger partial charge in [-0.25, -0.2) is 22.6 Å². The van der Waals surface area contributed by atoms with E-state index < -0.39 is 21.8 Å². The van der Waals surface area contributed by atoms with E-state index in [-0.39, 0.29) is 50.4 Å². The van der Waals surface area contributed by atoms with Crippen LogP contribution in [0.1, 0.15) is 17.3 Å². The molecule has 170 valence electrons. The highest BCUT2D eigenvalue weighted by Gasteiger charge is 2.21. The third-order valence-electron chi connectivity index (χ3n) is 4.70. The normalized spacial score (nSPS) is 11.5. The van der Waals surface area contributed by atoms with Crippen molar-refractivity contribution in [2.24, 2.45) is 0 Å². The highest BCUT2D eigenvalue weighted by Crippen LogP contribution is 2.31. The zero-order valence-corrected chi connectivity index (χ0v) is 18.7. The van der Waals surface area contributed by atoms with Crippen molar-refractivity contribution in [2.75, 3.05) is 17.1 Å². The second kappa shape index (κ2) is 8.68. The fourth-order valence-electron chi connectivity index (χ4n) is 3.18. The van der Waals surface area contributed by atoms with Crippen molar-refractivity contribution in [3.8, 4) is 11.1 Å². The van der Waals surface area contributed by atoms with Gasteiger partial charge in [-0.2, -0.15) is 9.61 Å². The van der Waals surface area contributed by atoms with Gasteiger partial charge in [-0.1, -0.05) is 23.7 Å². The Morgan fingerprint density at radius 2 is 1.97 bits per heavy atom. The van der Waals surface area contributed by atoms with Crippen molar-refractivity contribution < 1.29 is 22.3 Å². The van der Waals surface area contributed by atoms with Crippen molar-refractivity contribution in [3.05, 3.63) is 71.3 Å². The van der Waals surface area contributed by atoms with E-state index in [1.807, 2.05) is 0 Å². The lowest BCUT2D eigenvalue weighted by atomic mass is 10.1. The van der Waals surface area contributed by atoms with Crippen LogP contribution in [0, 0.1) is 5.82 Å². The second-order valence-corrected chi connectivity index (χ2v) is 8.86. The molecule has 4 aromatic rings. The van der Waals surface area contributed by atoms with Gasteiger partial charge in [-0.05, 0) is 37.3 Å². The van der Waals surface area contributed by atoms with Crippen LogP contribution < -0.4 is 10.5 Å². The largest absolute Gasteiger partial charge is 0.462 e. The molecule has 0 bridgehead atoms. The number of nitrogens with zero attached hydrogens (tertiary/aromatic N) is 3. The molecule has 0 aliphatic carbocycles. The van der Waals surface area contributed by atoms with Gasteiger partial charge >= 0.3 is 5.97 Å². The molecule has 0 radical (unpaired) electrons. The average Bonchev–Trinajstić information content (AvgIpc) is 3.20. The van der Waals surface area contributed by atoms with Gasteiger partial charge in [0.25, 0.3) is 10.0 Å². The lowest BCUT2D eigenvalue weighted by molar-refractivity contribution is 0.0528. The molecule has 0 unspecified atom stereocenters. The first kappa shape index (κ1) is 22.5. The number of hydrogen-bond acceptors (Lipinski definition) is 7. The molecule has 2 aromatic carbocycles. The number of nitrogen functional groups attached to an aromatic ring is 1. The van der Waals surface area contributed by atoms with Crippen molar-refractivity contribution in [1.29, 1.82) is 0 Å². The van der Waals surface area contributed by atoms with Crippen LogP contribution in [0.4, 0.5) is 15.9 Å². The van der Waals surface area contributed by atoms with Gasteiger partial charge in [-0.3, -0.25) is 4.72 Å². The van der Waals surface area contributed by atoms with E-state index in [0.717, 1.165) is 6.07 Å². The summed E-state index contributed by atoms with van der Waals surface area (Å²) >= 11 is 5.96. The van der Waals surface area contributed by atoms with Crippen molar-refractivity contribution >= 4 is 44.7 Å². The maximum absolute atomic E-state index is 15.0. The Kier molecular flexibility index (Phi) is 5.91. The lowest BCUT2D eigenvalue weighted by Gasteiger charge is -2.12. The van der Waals surface area contributed by atoms with E-state index in [0.29, 0.717) is 0 Å². The van der Waals surface area contributed by atoms with Crippen molar-refractivity contribution in [2.45, 2.75) is 11.8 Å². The molecule has 0 aliphatic rings. The summed E-state index contributed by atoms with van der Waals surface area (Å²) in [4.78, 5) is 16.1. The number of nitrogens with one attached hydrogen (secondary N) is 1. The zero-order chi connectivity index (χ0) is 23.8. The summed E-state index contributed by atoms with van der Waals surface area (Å²) < 4.78 is 48.6. The molecule has 0 aliphatic heterocycles. The number of nitrogens with two attached hydrogens (primary N) is 1. The van der Waals surface area contributed by atoms with Crippen LogP contribution in [0.2, 0.25) is 5.02 Å². The molecule has 9 nitrogen and oxygen atoms in total. The van der Waals surface area contributed by atoms with Gasteiger partial charge in [0.2, 0.25) is 0 Å². The molecule has 2 heterocycles. The molecule has 0 saturated carbocycles. The number of aromatic nitrogens is 3. The third-order valence-corrected chi connectivity index (χ3v) is 6.58. The van der Waals surface area contributed by atoms with Gasteiger partial charge in [-0.15, -0.1) is 0 Å². The molecule has 0 fully saturated rings. The number of halogens is 2. The van der Waals surface area contributed by atoms with E-state index >= 15 is 0 Å². The van der Waals surface area contributed by atoms with E-state index in [9.17, 15) is 17.6 Å². The van der Waals surface area contributed by atoms with Crippen LogP contribution in [0.5, 0.6) is 0 Å². The average molecular weight is 490 g/mol. The molecule has 0 saturated heterocycles. The number of hydrogen-bond donors (Lipinski definition) is 2. The molecule has 0 amide bonds. The number of sulfonamides is 1. The number of rotatable bonds is 6. The van der Waals surface area contributed by atoms with Gasteiger partial charge in [0.1, 0.15) is 22.1 Å². The van der Waals surface area contributed by atoms with Crippen molar-refractivity contribution in [3.63, 3.8) is 0 Å². The van der Waals surface area contributed by atoms with Gasteiger partial charge in [0.05, 0.1) is 23.5 Å². The Balaban J connectivity index is 1.68. The maximum atomic E-state index is 15.0. The minimum Gasteiger partial charge on any atom is -0.462 e. The van der Waals surface area contributed by atoms with Crippen LogP contribution in [0.25, 0.3) is 16.8 Å². The first-order chi connectivity index (χ1) is 15.7. The van der Waals surface area contributed by atoms with Crippen LogP contribution in [0.15, 0.2) is 59.8 Å². The number of benzene rings is 2. The van der Waals surface area contributed by atoms with E-state index in [1.54, 1.807) is 13.0 Å². The SMILES string of the molecule is CCOC(=O)c1cnn2c(N)c(-c3ccc(NS(=O)(=O)c4ccccc4Cl)cc3F)cnc12. The highest BCUT2D eigenvalue weighted by molar-refractivity contribution is 7.92. The number of esters is 1. The fourth-order valence-corrected chi connectivity index (χ4v) is 4.75. The van der Waals surface area contributed by atoms with Gasteiger partial charge in [0.15, 0.2) is 5.65 Å². The summed E-state index contributed by atoms with van der Waals surface area (Å²) in [6, 6.07) is 9.65. The molecule has 2 aromatic heterocycles. The third kappa shape index (κ3) is 4.20. The van der Waals surface area contributed by atoms with E-state index in [2.05, 4.69) is 14.8 Å². The monoisotopic (exact) mass is 489 g/mol. The molecule has 4 rings (SSSR count). The lowest BCUT2D eigenvalue weighted by Crippen LogP contribution is -2.13. The predicted molar refractivity (Wildman–Crippen MR) is 121 cm³/mol. The predicted octanol–water partition coefficient (Wildman–Crippen LogP) is 3.75. The number of carbonyl (C=O) groups is 1. The Bertz CT molecular complexity index is 1490. The summed E-state index contributed by atoms with van der Waals surface area (Å²) in [7, 11) is -4.03. The van der Waals surface area contributed by atoms with Crippen molar-refractivity contribution in [1.82, 2.24) is 14.6 Å². The molecule has 0 spiro atoms. The number of carbonyl (C=O) groups excluding carboxylic acids is 1. The minimum atomic E-state index is -4.03. The van der Waals surface area contributed by atoms with E-state index in [4.69, 9.17) is 22.1 Å². The highest BCUT2D eigenvalue weighted by atomic mass is 35.5. The number of anilines is 2. The summed E-state index contributed by atoms with van der Waals surface area (Å²) in [5.74, 6) is -1.31. The standard InChI is InChI=1S/C21H17ClFN5O4S/c1-2-32-21(29)15-11-26-28-19(24)14(10-25-20(15)28)13-8-7-12(9-17(13)23)27-33(30,31)18-6-4-3-5-16(18)22/h3-11,27H,2,24H2,1H3. The molecule has 0 atom stereocenters. The number of ether oxygens (including phenoxy) is 1. The Morgan fingerprint density at radius 1 is 1.21 bits per heavy atom. The molecular weight excluding hydrogens is 473 g/mol. The topological polar surface area (TPSA) is 129 Å². The zero-order valence-electron chi connectivity index (χ0n) is 17.1. The smallest absolute Gasteiger partial charge is 0.343 e. The molecule has 3 N–H and O–H groups in total. The van der Waals surface area contributed by atoms with Gasteiger partial charge < -0.3 is 10.5 Å².